The molecule has 0 radical (unpaired) electrons. The first-order valence-corrected chi connectivity index (χ1v) is 7.14. The lowest BCUT2D eigenvalue weighted by Crippen LogP contribution is -2.32. The fourth-order valence-corrected chi connectivity index (χ4v) is 1.76. The number of hydrazone groups is 1. The van der Waals surface area contributed by atoms with Crippen molar-refractivity contribution in [1.29, 1.82) is 0 Å². The SMILES string of the molecule is O=C(N/N=C/C=C/c1ccccc1)C(=O)Nc1ccc(Cl)cc1. The Kier molecular flexibility index (Phi) is 6.08. The fourth-order valence-electron chi connectivity index (χ4n) is 1.63. The van der Waals surface area contributed by atoms with Crippen molar-refractivity contribution in [3.63, 3.8) is 0 Å². The van der Waals surface area contributed by atoms with Crippen LogP contribution in [0.2, 0.25) is 5.02 Å². The van der Waals surface area contributed by atoms with Crippen molar-refractivity contribution >= 4 is 41.4 Å². The van der Waals surface area contributed by atoms with Gasteiger partial charge in [0, 0.05) is 16.9 Å². The average molecular weight is 328 g/mol. The van der Waals surface area contributed by atoms with Crippen molar-refractivity contribution in [2.75, 3.05) is 5.32 Å². The van der Waals surface area contributed by atoms with E-state index in [1.54, 1.807) is 30.3 Å². The lowest BCUT2D eigenvalue weighted by atomic mass is 10.2. The van der Waals surface area contributed by atoms with Crippen LogP contribution in [0.4, 0.5) is 5.69 Å². The molecule has 2 aromatic rings. The number of carbonyl (C=O) groups excluding carboxylic acids is 2. The quantitative estimate of drug-likeness (QED) is 0.514. The molecule has 0 heterocycles. The van der Waals surface area contributed by atoms with Crippen molar-refractivity contribution in [3.05, 3.63) is 71.3 Å². The van der Waals surface area contributed by atoms with Gasteiger partial charge in [0.25, 0.3) is 0 Å². The Morgan fingerprint density at radius 3 is 2.35 bits per heavy atom. The second-order valence-electron chi connectivity index (χ2n) is 4.45. The van der Waals surface area contributed by atoms with E-state index < -0.39 is 11.8 Å². The molecular weight excluding hydrogens is 314 g/mol. The Morgan fingerprint density at radius 2 is 1.65 bits per heavy atom. The number of carbonyl (C=O) groups is 2. The first-order valence-electron chi connectivity index (χ1n) is 6.77. The first-order chi connectivity index (χ1) is 11.1. The van der Waals surface area contributed by atoms with Crippen LogP contribution in [0.3, 0.4) is 0 Å². The maximum atomic E-state index is 11.6. The van der Waals surface area contributed by atoms with Crippen molar-refractivity contribution in [3.8, 4) is 0 Å². The van der Waals surface area contributed by atoms with Crippen molar-refractivity contribution in [1.82, 2.24) is 5.43 Å². The Labute approximate surface area is 138 Å². The number of anilines is 1. The minimum Gasteiger partial charge on any atom is -0.318 e. The summed E-state index contributed by atoms with van der Waals surface area (Å²) in [5.41, 5.74) is 3.62. The smallest absolute Gasteiger partial charge is 0.318 e. The second-order valence-corrected chi connectivity index (χ2v) is 4.89. The monoisotopic (exact) mass is 327 g/mol. The number of hydrogen-bond acceptors (Lipinski definition) is 3. The van der Waals surface area contributed by atoms with Gasteiger partial charge in [0.15, 0.2) is 0 Å². The Balaban J connectivity index is 1.79. The summed E-state index contributed by atoms with van der Waals surface area (Å²) in [4.78, 5) is 23.2. The third kappa shape index (κ3) is 5.76. The van der Waals surface area contributed by atoms with Crippen LogP contribution in [-0.4, -0.2) is 18.0 Å². The van der Waals surface area contributed by atoms with Crippen LogP contribution in [0.1, 0.15) is 5.56 Å². The van der Waals surface area contributed by atoms with Crippen molar-refractivity contribution in [2.45, 2.75) is 0 Å². The van der Waals surface area contributed by atoms with Crippen LogP contribution in [0.5, 0.6) is 0 Å². The van der Waals surface area contributed by atoms with Crippen LogP contribution in [0.25, 0.3) is 6.08 Å². The van der Waals surface area contributed by atoms with Crippen LogP contribution >= 0.6 is 11.6 Å². The molecule has 0 aliphatic heterocycles. The van der Waals surface area contributed by atoms with E-state index in [-0.39, 0.29) is 0 Å². The van der Waals surface area contributed by atoms with Crippen molar-refractivity contribution < 1.29 is 9.59 Å². The molecule has 5 nitrogen and oxygen atoms in total. The topological polar surface area (TPSA) is 70.6 Å². The van der Waals surface area contributed by atoms with Gasteiger partial charge in [0.05, 0.1) is 0 Å². The van der Waals surface area contributed by atoms with Gasteiger partial charge in [-0.15, -0.1) is 0 Å². The number of benzene rings is 2. The molecule has 23 heavy (non-hydrogen) atoms. The lowest BCUT2D eigenvalue weighted by molar-refractivity contribution is -0.136. The number of hydrogen-bond donors (Lipinski definition) is 2. The fraction of sp³-hybridized carbons (Fsp3) is 0. The number of amides is 2. The molecule has 116 valence electrons. The molecule has 0 aliphatic carbocycles. The van der Waals surface area contributed by atoms with Gasteiger partial charge in [-0.2, -0.15) is 5.10 Å². The second kappa shape index (κ2) is 8.51. The molecular formula is C17H14ClN3O2. The van der Waals surface area contributed by atoms with Gasteiger partial charge < -0.3 is 5.32 Å². The first kappa shape index (κ1) is 16.5. The van der Waals surface area contributed by atoms with Gasteiger partial charge in [0.2, 0.25) is 0 Å². The minimum absolute atomic E-state index is 0.475. The van der Waals surface area contributed by atoms with E-state index in [1.165, 1.54) is 6.21 Å². The summed E-state index contributed by atoms with van der Waals surface area (Å²) in [5, 5.41) is 6.65. The zero-order valence-electron chi connectivity index (χ0n) is 12.1. The van der Waals surface area contributed by atoms with Crippen LogP contribution in [-0.2, 0) is 9.59 Å². The summed E-state index contributed by atoms with van der Waals surface area (Å²) in [6, 6.07) is 16.0. The lowest BCUT2D eigenvalue weighted by Gasteiger charge is -2.03. The molecule has 0 fully saturated rings. The molecule has 0 aromatic heterocycles. The molecule has 2 aromatic carbocycles. The third-order valence-corrected chi connectivity index (χ3v) is 2.98. The molecule has 0 saturated carbocycles. The van der Waals surface area contributed by atoms with E-state index >= 15 is 0 Å². The summed E-state index contributed by atoms with van der Waals surface area (Å²) in [6.07, 6.45) is 4.87. The summed E-state index contributed by atoms with van der Waals surface area (Å²) < 4.78 is 0. The van der Waals surface area contributed by atoms with Gasteiger partial charge in [0.1, 0.15) is 0 Å². The predicted octanol–water partition coefficient (Wildman–Crippen LogP) is 3.09. The van der Waals surface area contributed by atoms with E-state index in [0.29, 0.717) is 10.7 Å². The molecule has 0 aliphatic rings. The highest BCUT2D eigenvalue weighted by Gasteiger charge is 2.12. The molecule has 0 atom stereocenters. The zero-order chi connectivity index (χ0) is 16.5. The molecule has 0 bridgehead atoms. The molecule has 2 N–H and O–H groups in total. The highest BCUT2D eigenvalue weighted by molar-refractivity contribution is 6.39. The normalized spacial score (nSPS) is 10.8. The van der Waals surface area contributed by atoms with Crippen LogP contribution in [0, 0.1) is 0 Å². The summed E-state index contributed by atoms with van der Waals surface area (Å²) in [6.45, 7) is 0. The maximum absolute atomic E-state index is 11.6. The number of rotatable bonds is 4. The summed E-state index contributed by atoms with van der Waals surface area (Å²) >= 11 is 5.74. The summed E-state index contributed by atoms with van der Waals surface area (Å²) in [5.74, 6) is -1.67. The molecule has 0 spiro atoms. The van der Waals surface area contributed by atoms with E-state index in [2.05, 4.69) is 15.8 Å². The average Bonchev–Trinajstić information content (AvgIpc) is 2.57. The largest absolute Gasteiger partial charge is 0.329 e. The van der Waals surface area contributed by atoms with Crippen LogP contribution in [0.15, 0.2) is 65.8 Å². The molecule has 2 amide bonds. The van der Waals surface area contributed by atoms with Gasteiger partial charge in [-0.1, -0.05) is 48.0 Å². The molecule has 6 heteroatoms. The number of nitrogens with zero attached hydrogens (tertiary/aromatic N) is 1. The molecule has 0 saturated heterocycles. The van der Waals surface area contributed by atoms with Gasteiger partial charge in [-0.05, 0) is 35.9 Å². The van der Waals surface area contributed by atoms with Gasteiger partial charge in [-0.3, -0.25) is 9.59 Å². The molecule has 2 rings (SSSR count). The third-order valence-electron chi connectivity index (χ3n) is 2.72. The number of allylic oxidation sites excluding steroid dienone is 1. The molecule has 0 unspecified atom stereocenters. The van der Waals surface area contributed by atoms with E-state index in [9.17, 15) is 9.59 Å². The van der Waals surface area contributed by atoms with Crippen molar-refractivity contribution in [2.24, 2.45) is 5.10 Å². The van der Waals surface area contributed by atoms with E-state index in [4.69, 9.17) is 11.6 Å². The number of halogens is 1. The predicted molar refractivity (Wildman–Crippen MR) is 92.2 cm³/mol. The number of nitrogens with one attached hydrogen (secondary N) is 2. The van der Waals surface area contributed by atoms with E-state index in [1.807, 2.05) is 36.4 Å². The highest BCUT2D eigenvalue weighted by Crippen LogP contribution is 2.13. The zero-order valence-corrected chi connectivity index (χ0v) is 12.8. The van der Waals surface area contributed by atoms with Gasteiger partial charge in [-0.25, -0.2) is 5.43 Å². The van der Waals surface area contributed by atoms with Crippen LogP contribution < -0.4 is 10.7 Å². The maximum Gasteiger partial charge on any atom is 0.329 e. The van der Waals surface area contributed by atoms with Gasteiger partial charge >= 0.3 is 11.8 Å². The van der Waals surface area contributed by atoms with E-state index in [0.717, 1.165) is 5.56 Å². The minimum atomic E-state index is -0.857. The standard InChI is InChI=1S/C17H14ClN3O2/c18-14-8-10-15(11-9-14)20-16(22)17(23)21-19-12-4-7-13-5-2-1-3-6-13/h1-12H,(H,20,22)(H,21,23)/b7-4+,19-12+. The Morgan fingerprint density at radius 1 is 0.957 bits per heavy atom. The highest BCUT2D eigenvalue weighted by atomic mass is 35.5. The Bertz CT molecular complexity index is 725. The Hall–Kier alpha value is -2.92. The summed E-state index contributed by atoms with van der Waals surface area (Å²) in [7, 11) is 0.